The number of alkyl halides is 2. The van der Waals surface area contributed by atoms with Crippen molar-refractivity contribution in [2.24, 2.45) is 0 Å². The number of hydrogen-bond donors (Lipinski definition) is 1. The molecule has 1 rings (SSSR count). The van der Waals surface area contributed by atoms with Gasteiger partial charge in [0.05, 0.1) is 12.7 Å². The number of methoxy groups -OCH3 is 1. The molecule has 1 atom stereocenters. The molecule has 0 aromatic carbocycles. The molecule has 0 aliphatic carbocycles. The summed E-state index contributed by atoms with van der Waals surface area (Å²) in [6.45, 7) is 0. The molecule has 6 heteroatoms. The van der Waals surface area contributed by atoms with Crippen molar-refractivity contribution in [3.8, 4) is 0 Å². The predicted octanol–water partition coefficient (Wildman–Crippen LogP) is 1.83. The molecule has 0 fully saturated rings. The van der Waals surface area contributed by atoms with E-state index >= 15 is 0 Å². The summed E-state index contributed by atoms with van der Waals surface area (Å²) < 4.78 is 17.5. The van der Waals surface area contributed by atoms with Gasteiger partial charge in [-0.3, -0.25) is 4.79 Å². The normalized spacial score (nSPS) is 12.2. The van der Waals surface area contributed by atoms with Gasteiger partial charge in [0.25, 0.3) is 0 Å². The molecule has 0 spiro atoms. The minimum atomic E-state index is -0.972. The lowest BCUT2D eigenvalue weighted by atomic mass is 10.1. The minimum Gasteiger partial charge on any atom is -0.465 e. The van der Waals surface area contributed by atoms with Crippen molar-refractivity contribution in [2.75, 3.05) is 12.4 Å². The highest BCUT2D eigenvalue weighted by atomic mass is 79.9. The van der Waals surface area contributed by atoms with E-state index in [1.807, 2.05) is 0 Å². The van der Waals surface area contributed by atoms with Gasteiger partial charge in [0, 0.05) is 17.1 Å². The van der Waals surface area contributed by atoms with Gasteiger partial charge in [0.2, 0.25) is 5.56 Å². The number of aromatic amines is 1. The number of esters is 1. The lowest BCUT2D eigenvalue weighted by Gasteiger charge is -2.05. The Bertz CT molecular complexity index is 447. The van der Waals surface area contributed by atoms with Crippen LogP contribution in [0.15, 0.2) is 16.9 Å². The average Bonchev–Trinajstić information content (AvgIpc) is 2.34. The van der Waals surface area contributed by atoms with Gasteiger partial charge in [-0.15, -0.1) is 0 Å². The summed E-state index contributed by atoms with van der Waals surface area (Å²) >= 11 is 3.03. The van der Waals surface area contributed by atoms with Gasteiger partial charge < -0.3 is 9.72 Å². The van der Waals surface area contributed by atoms with Gasteiger partial charge in [-0.1, -0.05) is 15.9 Å². The summed E-state index contributed by atoms with van der Waals surface area (Å²) in [6, 6.07) is 2.67. The van der Waals surface area contributed by atoms with Crippen molar-refractivity contribution in [1.82, 2.24) is 4.98 Å². The molecule has 0 bridgehead atoms. The van der Waals surface area contributed by atoms with Crippen LogP contribution in [0.2, 0.25) is 0 Å². The number of H-pyrrole nitrogens is 1. The smallest absolute Gasteiger partial charge is 0.338 e. The maximum atomic E-state index is 13.0. The van der Waals surface area contributed by atoms with Crippen LogP contribution in [0.25, 0.3) is 0 Å². The zero-order valence-corrected chi connectivity index (χ0v) is 10.9. The second kappa shape index (κ2) is 6.54. The van der Waals surface area contributed by atoms with E-state index in [1.54, 1.807) is 0 Å². The Morgan fingerprint density at radius 3 is 2.88 bits per heavy atom. The number of aryl methyl sites for hydroxylation is 1. The number of halogens is 2. The van der Waals surface area contributed by atoms with Crippen molar-refractivity contribution in [3.63, 3.8) is 0 Å². The topological polar surface area (TPSA) is 59.2 Å². The molecule has 1 N–H and O–H groups in total. The number of nitrogens with one attached hydrogen (secondary N) is 1. The zero-order valence-electron chi connectivity index (χ0n) is 9.33. The number of aromatic nitrogens is 1. The van der Waals surface area contributed by atoms with Crippen molar-refractivity contribution < 1.29 is 13.9 Å². The predicted molar refractivity (Wildman–Crippen MR) is 65.4 cm³/mol. The fraction of sp³-hybridized carbons (Fsp3) is 0.455. The van der Waals surface area contributed by atoms with E-state index < -0.39 is 17.7 Å². The van der Waals surface area contributed by atoms with E-state index in [9.17, 15) is 14.0 Å². The molecule has 0 amide bonds. The van der Waals surface area contributed by atoms with Crippen LogP contribution < -0.4 is 5.56 Å². The van der Waals surface area contributed by atoms with Crippen LogP contribution in [0.4, 0.5) is 4.39 Å². The first-order valence-electron chi connectivity index (χ1n) is 5.08. The molecular formula is C11H13BrFNO3. The fourth-order valence-corrected chi connectivity index (χ4v) is 1.68. The summed E-state index contributed by atoms with van der Waals surface area (Å²) in [5.41, 5.74) is 0.319. The number of ether oxygens (including phenoxy) is 1. The number of hydrogen-bond acceptors (Lipinski definition) is 3. The molecule has 1 heterocycles. The summed E-state index contributed by atoms with van der Waals surface area (Å²) in [5, 5.41) is 0.258. The average molecular weight is 306 g/mol. The molecule has 1 aromatic heterocycles. The van der Waals surface area contributed by atoms with Crippen molar-refractivity contribution in [1.29, 1.82) is 0 Å². The van der Waals surface area contributed by atoms with E-state index in [1.165, 1.54) is 13.2 Å². The maximum Gasteiger partial charge on any atom is 0.338 e. The zero-order chi connectivity index (χ0) is 12.8. The van der Waals surface area contributed by atoms with E-state index in [2.05, 4.69) is 25.7 Å². The lowest BCUT2D eigenvalue weighted by molar-refractivity contribution is 0.0600. The summed E-state index contributed by atoms with van der Waals surface area (Å²) in [4.78, 5) is 25.1. The first-order valence-corrected chi connectivity index (χ1v) is 6.20. The lowest BCUT2D eigenvalue weighted by Crippen LogP contribution is -2.14. The molecule has 1 unspecified atom stereocenters. The van der Waals surface area contributed by atoms with Crippen LogP contribution in [0.5, 0.6) is 0 Å². The van der Waals surface area contributed by atoms with Gasteiger partial charge in [0.15, 0.2) is 0 Å². The maximum absolute atomic E-state index is 13.0. The Morgan fingerprint density at radius 2 is 2.29 bits per heavy atom. The SMILES string of the molecule is COC(=O)c1cc(CCC(F)CBr)[nH]c(=O)c1. The highest BCUT2D eigenvalue weighted by molar-refractivity contribution is 9.09. The Hall–Kier alpha value is -1.17. The summed E-state index contributed by atoms with van der Waals surface area (Å²) in [6.07, 6.45) is -0.321. The first-order chi connectivity index (χ1) is 8.06. The monoisotopic (exact) mass is 305 g/mol. The van der Waals surface area contributed by atoms with Crippen LogP contribution in [-0.4, -0.2) is 29.6 Å². The third-order valence-electron chi connectivity index (χ3n) is 2.22. The molecule has 0 saturated carbocycles. The molecule has 17 heavy (non-hydrogen) atoms. The quantitative estimate of drug-likeness (QED) is 0.667. The second-order valence-electron chi connectivity index (χ2n) is 3.54. The third-order valence-corrected chi connectivity index (χ3v) is 2.92. The van der Waals surface area contributed by atoms with Crippen molar-refractivity contribution in [2.45, 2.75) is 19.0 Å². The third kappa shape index (κ3) is 4.30. The number of rotatable bonds is 5. The van der Waals surface area contributed by atoms with Crippen LogP contribution in [-0.2, 0) is 11.2 Å². The van der Waals surface area contributed by atoms with Crippen molar-refractivity contribution in [3.05, 3.63) is 33.7 Å². The van der Waals surface area contributed by atoms with E-state index in [-0.39, 0.29) is 17.3 Å². The summed E-state index contributed by atoms with van der Waals surface area (Å²) in [7, 11) is 1.24. The van der Waals surface area contributed by atoms with Crippen LogP contribution in [0.1, 0.15) is 22.5 Å². The largest absolute Gasteiger partial charge is 0.465 e. The second-order valence-corrected chi connectivity index (χ2v) is 4.19. The number of carbonyl (C=O) groups is 1. The molecular weight excluding hydrogens is 293 g/mol. The Kier molecular flexibility index (Phi) is 5.34. The van der Waals surface area contributed by atoms with Gasteiger partial charge in [-0.2, -0.15) is 0 Å². The highest BCUT2D eigenvalue weighted by Crippen LogP contribution is 2.08. The first kappa shape index (κ1) is 13.9. The molecule has 0 radical (unpaired) electrons. The summed E-state index contributed by atoms with van der Waals surface area (Å²) in [5.74, 6) is -0.574. The van der Waals surface area contributed by atoms with Crippen LogP contribution >= 0.6 is 15.9 Å². The Balaban J connectivity index is 2.83. The van der Waals surface area contributed by atoms with Crippen molar-refractivity contribution >= 4 is 21.9 Å². The van der Waals surface area contributed by atoms with Crippen LogP contribution in [0.3, 0.4) is 0 Å². The standard InChI is InChI=1S/C11H13BrFNO3/c1-17-11(16)7-4-9(14-10(15)5-7)3-2-8(13)6-12/h4-5,8H,2-3,6H2,1H3,(H,14,15). The van der Waals surface area contributed by atoms with E-state index in [0.717, 1.165) is 6.07 Å². The molecule has 0 aliphatic rings. The Labute approximate surface area is 106 Å². The van der Waals surface area contributed by atoms with Crippen LogP contribution in [0, 0.1) is 0 Å². The van der Waals surface area contributed by atoms with E-state index in [4.69, 9.17) is 0 Å². The molecule has 4 nitrogen and oxygen atoms in total. The van der Waals surface area contributed by atoms with Gasteiger partial charge in [-0.25, -0.2) is 9.18 Å². The van der Waals surface area contributed by atoms with Gasteiger partial charge in [0.1, 0.15) is 6.17 Å². The van der Waals surface area contributed by atoms with Gasteiger partial charge >= 0.3 is 5.97 Å². The minimum absolute atomic E-state index is 0.181. The molecule has 1 aromatic rings. The fourth-order valence-electron chi connectivity index (χ4n) is 1.36. The number of carbonyl (C=O) groups excluding carboxylic acids is 1. The molecule has 0 aliphatic heterocycles. The molecule has 0 saturated heterocycles. The van der Waals surface area contributed by atoms with E-state index in [0.29, 0.717) is 12.1 Å². The van der Waals surface area contributed by atoms with Gasteiger partial charge in [-0.05, 0) is 18.9 Å². The highest BCUT2D eigenvalue weighted by Gasteiger charge is 2.10. The molecule has 94 valence electrons. The Morgan fingerprint density at radius 1 is 1.59 bits per heavy atom. The number of pyridine rings is 1.